The van der Waals surface area contributed by atoms with Gasteiger partial charge in [0.15, 0.2) is 0 Å². The number of aliphatic hydroxyl groups excluding tert-OH is 1. The number of aromatic nitrogens is 2. The highest BCUT2D eigenvalue weighted by molar-refractivity contribution is 6.32. The highest BCUT2D eigenvalue weighted by Gasteiger charge is 2.20. The van der Waals surface area contributed by atoms with E-state index in [2.05, 4.69) is 4.98 Å². The highest BCUT2D eigenvalue weighted by Crippen LogP contribution is 2.25. The molecule has 0 amide bonds. The maximum atomic E-state index is 14.1. The molecule has 146 valence electrons. The molecular formula is C22H15ClF2N2O2. The Morgan fingerprint density at radius 2 is 1.76 bits per heavy atom. The summed E-state index contributed by atoms with van der Waals surface area (Å²) in [7, 11) is 0. The van der Waals surface area contributed by atoms with Crippen LogP contribution in [0.4, 0.5) is 8.78 Å². The molecule has 4 nitrogen and oxygen atoms in total. The molecule has 4 aromatic rings. The third-order valence-corrected chi connectivity index (χ3v) is 4.95. The van der Waals surface area contributed by atoms with Crippen LogP contribution in [0.3, 0.4) is 0 Å². The van der Waals surface area contributed by atoms with Gasteiger partial charge >= 0.3 is 0 Å². The third-order valence-electron chi connectivity index (χ3n) is 4.63. The molecule has 0 fully saturated rings. The number of aliphatic hydroxyl groups is 1. The summed E-state index contributed by atoms with van der Waals surface area (Å²) < 4.78 is 29.0. The molecule has 1 atom stereocenters. The number of hydrogen-bond acceptors (Lipinski definition) is 3. The molecule has 0 spiro atoms. The van der Waals surface area contributed by atoms with Gasteiger partial charge in [0, 0.05) is 12.0 Å². The maximum Gasteiger partial charge on any atom is 0.266 e. The van der Waals surface area contributed by atoms with E-state index in [-0.39, 0.29) is 33.7 Å². The van der Waals surface area contributed by atoms with Crippen molar-refractivity contribution in [1.82, 2.24) is 9.55 Å². The van der Waals surface area contributed by atoms with Gasteiger partial charge in [0.05, 0.1) is 27.7 Å². The minimum atomic E-state index is -1.24. The van der Waals surface area contributed by atoms with Gasteiger partial charge in [-0.15, -0.1) is 0 Å². The van der Waals surface area contributed by atoms with E-state index in [9.17, 15) is 18.7 Å². The smallest absolute Gasteiger partial charge is 0.266 e. The lowest BCUT2D eigenvalue weighted by Gasteiger charge is -2.18. The van der Waals surface area contributed by atoms with Crippen LogP contribution in [-0.4, -0.2) is 14.7 Å². The van der Waals surface area contributed by atoms with E-state index in [4.69, 9.17) is 11.6 Å². The molecule has 0 unspecified atom stereocenters. The third kappa shape index (κ3) is 3.64. The molecule has 0 aliphatic rings. The zero-order chi connectivity index (χ0) is 20.5. The van der Waals surface area contributed by atoms with E-state index in [1.807, 2.05) is 0 Å². The molecule has 0 bridgehead atoms. The molecule has 0 saturated carbocycles. The summed E-state index contributed by atoms with van der Waals surface area (Å²) in [4.78, 5) is 17.6. The zero-order valence-corrected chi connectivity index (χ0v) is 15.8. The van der Waals surface area contributed by atoms with E-state index in [0.29, 0.717) is 5.69 Å². The van der Waals surface area contributed by atoms with Crippen molar-refractivity contribution >= 4 is 22.5 Å². The van der Waals surface area contributed by atoms with Gasteiger partial charge < -0.3 is 5.11 Å². The number of benzene rings is 3. The molecule has 1 heterocycles. The molecule has 1 N–H and O–H groups in total. The van der Waals surface area contributed by atoms with Crippen LogP contribution in [0.25, 0.3) is 16.6 Å². The molecule has 7 heteroatoms. The molecule has 4 rings (SSSR count). The van der Waals surface area contributed by atoms with E-state index in [0.717, 1.165) is 6.07 Å². The summed E-state index contributed by atoms with van der Waals surface area (Å²) in [5.74, 6) is -0.950. The van der Waals surface area contributed by atoms with Crippen molar-refractivity contribution < 1.29 is 13.9 Å². The summed E-state index contributed by atoms with van der Waals surface area (Å²) in [5, 5.41) is 11.0. The summed E-state index contributed by atoms with van der Waals surface area (Å²) in [5.41, 5.74) is 0.175. The molecular weight excluding hydrogens is 398 g/mol. The summed E-state index contributed by atoms with van der Waals surface area (Å²) in [6.07, 6.45) is -1.39. The molecule has 3 aromatic carbocycles. The van der Waals surface area contributed by atoms with Crippen molar-refractivity contribution in [2.75, 3.05) is 0 Å². The molecule has 29 heavy (non-hydrogen) atoms. The number of nitrogens with zero attached hydrogens (tertiary/aromatic N) is 2. The fraction of sp³-hybridized carbons (Fsp3) is 0.0909. The maximum absolute atomic E-state index is 14.1. The Kier molecular flexibility index (Phi) is 5.13. The van der Waals surface area contributed by atoms with Crippen molar-refractivity contribution in [3.05, 3.63) is 105 Å². The van der Waals surface area contributed by atoms with Crippen molar-refractivity contribution in [1.29, 1.82) is 0 Å². The topological polar surface area (TPSA) is 55.1 Å². The van der Waals surface area contributed by atoms with Gasteiger partial charge in [-0.2, -0.15) is 0 Å². The first-order valence-corrected chi connectivity index (χ1v) is 9.22. The Labute approximate surface area is 169 Å². The molecule has 0 aliphatic carbocycles. The second-order valence-corrected chi connectivity index (χ2v) is 6.93. The van der Waals surface area contributed by atoms with Gasteiger partial charge in [0.25, 0.3) is 5.56 Å². The Morgan fingerprint density at radius 3 is 2.52 bits per heavy atom. The van der Waals surface area contributed by atoms with E-state index < -0.39 is 23.3 Å². The van der Waals surface area contributed by atoms with Crippen LogP contribution in [0, 0.1) is 11.6 Å². The Hall–Kier alpha value is -3.09. The summed E-state index contributed by atoms with van der Waals surface area (Å²) in [6.45, 7) is 0. The minimum absolute atomic E-state index is 0.0778. The minimum Gasteiger partial charge on any atom is -0.388 e. The average Bonchev–Trinajstić information content (AvgIpc) is 2.70. The average molecular weight is 413 g/mol. The van der Waals surface area contributed by atoms with Crippen LogP contribution in [-0.2, 0) is 6.42 Å². The number of rotatable bonds is 4. The second-order valence-electron chi connectivity index (χ2n) is 6.52. The monoisotopic (exact) mass is 412 g/mol. The van der Waals surface area contributed by atoms with Gasteiger partial charge in [0.1, 0.15) is 17.5 Å². The predicted molar refractivity (Wildman–Crippen MR) is 107 cm³/mol. The number of hydrogen-bond donors (Lipinski definition) is 1. The number of fused-ring (bicyclic) bond motifs is 1. The standard InChI is InChI=1S/C22H15ClF2N2O2/c23-16-6-2-4-8-19(16)27-21(12-20(28)14-5-1-3-7-17(14)25)26-18-10-9-13(24)11-15(18)22(27)29/h1-11,20,28H,12H2/t20-/m1/s1. The Balaban J connectivity index is 1.94. The Morgan fingerprint density at radius 1 is 1.03 bits per heavy atom. The lowest BCUT2D eigenvalue weighted by atomic mass is 10.1. The van der Waals surface area contributed by atoms with Crippen molar-refractivity contribution in [3.63, 3.8) is 0 Å². The SMILES string of the molecule is O=c1c2cc(F)ccc2nc(C[C@@H](O)c2ccccc2F)n1-c1ccccc1Cl. The quantitative estimate of drug-likeness (QED) is 0.533. The first-order chi connectivity index (χ1) is 14.0. The molecule has 0 saturated heterocycles. The molecule has 1 aromatic heterocycles. The van der Waals surface area contributed by atoms with Gasteiger partial charge in [0.2, 0.25) is 0 Å². The summed E-state index contributed by atoms with van der Waals surface area (Å²) >= 11 is 6.28. The van der Waals surface area contributed by atoms with Gasteiger partial charge in [-0.3, -0.25) is 9.36 Å². The van der Waals surface area contributed by atoms with Gasteiger partial charge in [-0.25, -0.2) is 13.8 Å². The van der Waals surface area contributed by atoms with Crippen molar-refractivity contribution in [2.24, 2.45) is 0 Å². The summed E-state index contributed by atoms with van der Waals surface area (Å²) in [6, 6.07) is 16.2. The van der Waals surface area contributed by atoms with Gasteiger partial charge in [-0.1, -0.05) is 41.9 Å². The predicted octanol–water partition coefficient (Wildman–Crippen LogP) is 4.59. The van der Waals surface area contributed by atoms with Crippen LogP contribution in [0.2, 0.25) is 5.02 Å². The lowest BCUT2D eigenvalue weighted by Crippen LogP contribution is -2.25. The van der Waals surface area contributed by atoms with Crippen molar-refractivity contribution in [2.45, 2.75) is 12.5 Å². The second kappa shape index (κ2) is 7.73. The zero-order valence-electron chi connectivity index (χ0n) is 15.0. The number of halogens is 3. The molecule has 0 radical (unpaired) electrons. The largest absolute Gasteiger partial charge is 0.388 e. The Bertz CT molecular complexity index is 1270. The van der Waals surface area contributed by atoms with Crippen LogP contribution in [0.1, 0.15) is 17.5 Å². The van der Waals surface area contributed by atoms with Crippen molar-refractivity contribution in [3.8, 4) is 5.69 Å². The lowest BCUT2D eigenvalue weighted by molar-refractivity contribution is 0.170. The molecule has 0 aliphatic heterocycles. The van der Waals surface area contributed by atoms with Gasteiger partial charge in [-0.05, 0) is 36.4 Å². The van der Waals surface area contributed by atoms with Crippen LogP contribution >= 0.6 is 11.6 Å². The van der Waals surface area contributed by atoms with Crippen LogP contribution in [0.15, 0.2) is 71.5 Å². The van der Waals surface area contributed by atoms with Crippen LogP contribution in [0.5, 0.6) is 0 Å². The van der Waals surface area contributed by atoms with E-state index in [1.54, 1.807) is 30.3 Å². The van der Waals surface area contributed by atoms with E-state index in [1.165, 1.54) is 34.9 Å². The first-order valence-electron chi connectivity index (χ1n) is 8.84. The van der Waals surface area contributed by atoms with E-state index >= 15 is 0 Å². The number of para-hydroxylation sites is 1. The fourth-order valence-electron chi connectivity index (χ4n) is 3.25. The van der Waals surface area contributed by atoms with Crippen LogP contribution < -0.4 is 5.56 Å². The first kappa shape index (κ1) is 19.2. The normalized spacial score (nSPS) is 12.3. The fourth-order valence-corrected chi connectivity index (χ4v) is 3.47. The highest BCUT2D eigenvalue weighted by atomic mass is 35.5.